The molecule has 0 aromatic heterocycles. The van der Waals surface area contributed by atoms with Crippen LogP contribution < -0.4 is 0 Å². The third-order valence-electron chi connectivity index (χ3n) is 3.31. The topological polar surface area (TPSA) is 47.3 Å². The van der Waals surface area contributed by atoms with Crippen LogP contribution in [-0.2, 0) is 0 Å². The van der Waals surface area contributed by atoms with Crippen LogP contribution >= 0.6 is 0 Å². The molecule has 0 aromatic rings. The Bertz CT molecular complexity index is 230. The zero-order chi connectivity index (χ0) is 9.31. The van der Waals surface area contributed by atoms with Crippen molar-refractivity contribution in [2.75, 3.05) is 19.7 Å². The van der Waals surface area contributed by atoms with Gasteiger partial charge < -0.3 is 5.11 Å². The van der Waals surface area contributed by atoms with Gasteiger partial charge in [0.05, 0.1) is 18.1 Å². The Kier molecular flexibility index (Phi) is 2.27. The predicted molar refractivity (Wildman–Crippen MR) is 49.0 cm³/mol. The van der Waals surface area contributed by atoms with Crippen LogP contribution in [0.1, 0.15) is 25.7 Å². The molecule has 13 heavy (non-hydrogen) atoms. The SMILES string of the molecule is N#CC1(CN2CCC[C@H]2CO)CC1. The molecule has 72 valence electrons. The highest BCUT2D eigenvalue weighted by atomic mass is 16.3. The summed E-state index contributed by atoms with van der Waals surface area (Å²) in [5.74, 6) is 0. The summed E-state index contributed by atoms with van der Waals surface area (Å²) in [5.41, 5.74) is -0.0439. The lowest BCUT2D eigenvalue weighted by Gasteiger charge is -2.24. The number of aliphatic hydroxyl groups excluding tert-OH is 1. The maximum absolute atomic E-state index is 9.10. The highest BCUT2D eigenvalue weighted by molar-refractivity contribution is 5.12. The Hall–Kier alpha value is -0.590. The van der Waals surface area contributed by atoms with Gasteiger partial charge in [-0.15, -0.1) is 0 Å². The van der Waals surface area contributed by atoms with Gasteiger partial charge in [0.25, 0.3) is 0 Å². The molecule has 0 radical (unpaired) electrons. The molecule has 3 heteroatoms. The Balaban J connectivity index is 1.91. The molecule has 1 N–H and O–H groups in total. The van der Waals surface area contributed by atoms with E-state index < -0.39 is 0 Å². The van der Waals surface area contributed by atoms with Crippen LogP contribution in [-0.4, -0.2) is 35.7 Å². The molecule has 0 spiro atoms. The predicted octanol–water partition coefficient (Wildman–Crippen LogP) is 0.747. The number of rotatable bonds is 3. The Morgan fingerprint density at radius 1 is 1.54 bits per heavy atom. The standard InChI is InChI=1S/C10H16N2O/c11-7-10(3-4-10)8-12-5-1-2-9(12)6-13/h9,13H,1-6,8H2/t9-/m0/s1. The molecule has 1 heterocycles. The molecule has 2 fully saturated rings. The second-order valence-corrected chi connectivity index (χ2v) is 4.34. The molecule has 0 aromatic carbocycles. The average Bonchev–Trinajstić information content (AvgIpc) is 2.78. The summed E-state index contributed by atoms with van der Waals surface area (Å²) in [5, 5.41) is 18.0. The second-order valence-electron chi connectivity index (χ2n) is 4.34. The Labute approximate surface area is 79.0 Å². The fraction of sp³-hybridized carbons (Fsp3) is 0.900. The van der Waals surface area contributed by atoms with Gasteiger partial charge >= 0.3 is 0 Å². The smallest absolute Gasteiger partial charge is 0.0703 e. The van der Waals surface area contributed by atoms with Crippen molar-refractivity contribution >= 4 is 0 Å². The minimum Gasteiger partial charge on any atom is -0.395 e. The van der Waals surface area contributed by atoms with Crippen LogP contribution in [0.15, 0.2) is 0 Å². The van der Waals surface area contributed by atoms with Crippen molar-refractivity contribution in [3.8, 4) is 6.07 Å². The van der Waals surface area contributed by atoms with E-state index in [4.69, 9.17) is 10.4 Å². The van der Waals surface area contributed by atoms with E-state index in [1.165, 1.54) is 6.42 Å². The number of hydrogen-bond donors (Lipinski definition) is 1. The number of hydrogen-bond acceptors (Lipinski definition) is 3. The van der Waals surface area contributed by atoms with Gasteiger partial charge in [-0.25, -0.2) is 0 Å². The van der Waals surface area contributed by atoms with E-state index in [2.05, 4.69) is 11.0 Å². The van der Waals surface area contributed by atoms with E-state index in [0.717, 1.165) is 32.4 Å². The summed E-state index contributed by atoms with van der Waals surface area (Å²) < 4.78 is 0. The number of nitriles is 1. The minimum atomic E-state index is -0.0439. The van der Waals surface area contributed by atoms with Crippen molar-refractivity contribution < 1.29 is 5.11 Å². The average molecular weight is 180 g/mol. The van der Waals surface area contributed by atoms with Crippen molar-refractivity contribution in [1.82, 2.24) is 4.90 Å². The first-order chi connectivity index (χ1) is 6.29. The molecule has 1 aliphatic carbocycles. The summed E-state index contributed by atoms with van der Waals surface area (Å²) in [6.07, 6.45) is 4.38. The van der Waals surface area contributed by atoms with Crippen LogP contribution in [0.3, 0.4) is 0 Å². The third-order valence-corrected chi connectivity index (χ3v) is 3.31. The second kappa shape index (κ2) is 3.28. The van der Waals surface area contributed by atoms with Crippen LogP contribution in [0.4, 0.5) is 0 Å². The van der Waals surface area contributed by atoms with E-state index in [1.54, 1.807) is 0 Å². The normalized spacial score (nSPS) is 31.5. The van der Waals surface area contributed by atoms with E-state index in [-0.39, 0.29) is 12.0 Å². The molecular formula is C10H16N2O. The zero-order valence-corrected chi connectivity index (χ0v) is 7.87. The summed E-state index contributed by atoms with van der Waals surface area (Å²) in [4.78, 5) is 2.29. The van der Waals surface area contributed by atoms with Crippen molar-refractivity contribution in [2.24, 2.45) is 5.41 Å². The largest absolute Gasteiger partial charge is 0.395 e. The molecule has 1 saturated carbocycles. The third kappa shape index (κ3) is 1.70. The van der Waals surface area contributed by atoms with Crippen LogP contribution in [0.25, 0.3) is 0 Å². The van der Waals surface area contributed by atoms with Crippen LogP contribution in [0, 0.1) is 16.7 Å². The van der Waals surface area contributed by atoms with Crippen molar-refractivity contribution in [3.63, 3.8) is 0 Å². The maximum atomic E-state index is 9.10. The first-order valence-electron chi connectivity index (χ1n) is 5.06. The number of likely N-dealkylation sites (tertiary alicyclic amines) is 1. The first kappa shape index (κ1) is 8.98. The molecule has 0 bridgehead atoms. The van der Waals surface area contributed by atoms with Gasteiger partial charge in [-0.1, -0.05) is 0 Å². The summed E-state index contributed by atoms with van der Waals surface area (Å²) >= 11 is 0. The molecule has 0 unspecified atom stereocenters. The van der Waals surface area contributed by atoms with Gasteiger partial charge in [-0.2, -0.15) is 5.26 Å². The minimum absolute atomic E-state index is 0.0439. The fourth-order valence-corrected chi connectivity index (χ4v) is 2.15. The lowest BCUT2D eigenvalue weighted by atomic mass is 10.1. The first-order valence-corrected chi connectivity index (χ1v) is 5.06. The molecule has 2 aliphatic rings. The summed E-state index contributed by atoms with van der Waals surface area (Å²) in [7, 11) is 0. The molecule has 1 saturated heterocycles. The lowest BCUT2D eigenvalue weighted by molar-refractivity contribution is 0.146. The fourth-order valence-electron chi connectivity index (χ4n) is 2.15. The van der Waals surface area contributed by atoms with Gasteiger partial charge in [0.15, 0.2) is 0 Å². The van der Waals surface area contributed by atoms with Gasteiger partial charge in [-0.3, -0.25) is 4.90 Å². The summed E-state index contributed by atoms with van der Waals surface area (Å²) in [6.45, 7) is 2.20. The van der Waals surface area contributed by atoms with E-state index >= 15 is 0 Å². The zero-order valence-electron chi connectivity index (χ0n) is 7.87. The van der Waals surface area contributed by atoms with Crippen molar-refractivity contribution in [2.45, 2.75) is 31.7 Å². The number of aliphatic hydroxyl groups is 1. The molecule has 1 atom stereocenters. The molecule has 1 aliphatic heterocycles. The summed E-state index contributed by atoms with van der Waals surface area (Å²) in [6, 6.07) is 2.73. The van der Waals surface area contributed by atoms with E-state index in [1.807, 2.05) is 0 Å². The highest BCUT2D eigenvalue weighted by Crippen LogP contribution is 2.46. The molecule has 2 rings (SSSR count). The van der Waals surface area contributed by atoms with E-state index in [9.17, 15) is 0 Å². The molecular weight excluding hydrogens is 164 g/mol. The van der Waals surface area contributed by atoms with Gasteiger partial charge in [0, 0.05) is 12.6 Å². The highest BCUT2D eigenvalue weighted by Gasteiger charge is 2.45. The Morgan fingerprint density at radius 2 is 2.31 bits per heavy atom. The molecule has 3 nitrogen and oxygen atoms in total. The monoisotopic (exact) mass is 180 g/mol. The maximum Gasteiger partial charge on any atom is 0.0703 e. The molecule has 0 amide bonds. The van der Waals surface area contributed by atoms with Gasteiger partial charge in [-0.05, 0) is 32.2 Å². The van der Waals surface area contributed by atoms with E-state index in [0.29, 0.717) is 6.04 Å². The quantitative estimate of drug-likeness (QED) is 0.697. The van der Waals surface area contributed by atoms with Gasteiger partial charge in [0.1, 0.15) is 0 Å². The van der Waals surface area contributed by atoms with Crippen molar-refractivity contribution in [3.05, 3.63) is 0 Å². The van der Waals surface area contributed by atoms with Crippen molar-refractivity contribution in [1.29, 1.82) is 5.26 Å². The van der Waals surface area contributed by atoms with Crippen LogP contribution in [0.5, 0.6) is 0 Å². The van der Waals surface area contributed by atoms with Crippen LogP contribution in [0.2, 0.25) is 0 Å². The number of nitrogens with zero attached hydrogens (tertiary/aromatic N) is 2. The Morgan fingerprint density at radius 3 is 2.85 bits per heavy atom. The van der Waals surface area contributed by atoms with Gasteiger partial charge in [0.2, 0.25) is 0 Å². The lowest BCUT2D eigenvalue weighted by Crippen LogP contribution is -2.36.